The van der Waals surface area contributed by atoms with Gasteiger partial charge in [-0.05, 0) is 75.3 Å². The molecule has 1 heterocycles. The minimum Gasteiger partial charge on any atom is -0.506 e. The van der Waals surface area contributed by atoms with Gasteiger partial charge in [0.2, 0.25) is 0 Å². The molecule has 4 rings (SSSR count). The zero-order valence-electron chi connectivity index (χ0n) is 13.8. The molecule has 1 aromatic rings. The first kappa shape index (κ1) is 14.4. The van der Waals surface area contributed by atoms with Gasteiger partial charge in [-0.15, -0.1) is 0 Å². The zero-order chi connectivity index (χ0) is 15.3. The summed E-state index contributed by atoms with van der Waals surface area (Å²) in [5.41, 5.74) is 4.14. The molecule has 2 fully saturated rings. The van der Waals surface area contributed by atoms with Gasteiger partial charge >= 0.3 is 0 Å². The second kappa shape index (κ2) is 5.16. The molecule has 22 heavy (non-hydrogen) atoms. The van der Waals surface area contributed by atoms with E-state index < -0.39 is 0 Å². The summed E-state index contributed by atoms with van der Waals surface area (Å²) in [4.78, 5) is 0. The highest BCUT2D eigenvalue weighted by atomic mass is 16.3. The monoisotopic (exact) mass is 300 g/mol. The van der Waals surface area contributed by atoms with Crippen LogP contribution in [0.2, 0.25) is 0 Å². The Morgan fingerprint density at radius 2 is 2.14 bits per heavy atom. The first-order valence-corrected chi connectivity index (χ1v) is 8.96. The summed E-state index contributed by atoms with van der Waals surface area (Å²) < 4.78 is 0. The van der Waals surface area contributed by atoms with Gasteiger partial charge in [0, 0.05) is 17.5 Å². The highest BCUT2D eigenvalue weighted by Crippen LogP contribution is 2.55. The summed E-state index contributed by atoms with van der Waals surface area (Å²) in [7, 11) is 0. The van der Waals surface area contributed by atoms with Gasteiger partial charge in [0.05, 0.1) is 5.69 Å². The van der Waals surface area contributed by atoms with Gasteiger partial charge in [0.15, 0.2) is 0 Å². The minimum absolute atomic E-state index is 0.329. The van der Waals surface area contributed by atoms with Crippen LogP contribution in [0.4, 0.5) is 5.69 Å². The fraction of sp³-hybridized carbons (Fsp3) is 0.684. The van der Waals surface area contributed by atoms with Crippen LogP contribution < -0.4 is 10.6 Å². The number of rotatable bonds is 2. The quantitative estimate of drug-likeness (QED) is 0.732. The lowest BCUT2D eigenvalue weighted by Gasteiger charge is -2.56. The van der Waals surface area contributed by atoms with Crippen LogP contribution in [0.25, 0.3) is 0 Å². The van der Waals surface area contributed by atoms with Gasteiger partial charge in [0.25, 0.3) is 0 Å². The molecule has 3 aliphatic rings. The molecule has 1 aromatic carbocycles. The second-order valence-electron chi connectivity index (χ2n) is 7.85. The van der Waals surface area contributed by atoms with Gasteiger partial charge in [-0.3, -0.25) is 0 Å². The average molecular weight is 300 g/mol. The van der Waals surface area contributed by atoms with Crippen LogP contribution in [-0.2, 0) is 11.8 Å². The van der Waals surface area contributed by atoms with Crippen molar-refractivity contribution in [3.63, 3.8) is 0 Å². The smallest absolute Gasteiger partial charge is 0.138 e. The largest absolute Gasteiger partial charge is 0.506 e. The van der Waals surface area contributed by atoms with Gasteiger partial charge in [0.1, 0.15) is 5.75 Å². The van der Waals surface area contributed by atoms with Gasteiger partial charge in [-0.2, -0.15) is 0 Å². The first-order valence-electron chi connectivity index (χ1n) is 8.96. The lowest BCUT2D eigenvalue weighted by molar-refractivity contribution is 0.0796. The molecule has 0 spiro atoms. The number of anilines is 1. The Kier molecular flexibility index (Phi) is 3.37. The maximum atomic E-state index is 10.5. The number of fused-ring (bicyclic) bond motifs is 1. The summed E-state index contributed by atoms with van der Waals surface area (Å²) >= 11 is 0. The molecule has 3 heteroatoms. The summed E-state index contributed by atoms with van der Waals surface area (Å²) in [6.07, 6.45) is 7.73. The van der Waals surface area contributed by atoms with E-state index in [4.69, 9.17) is 0 Å². The molecule has 0 amide bonds. The third kappa shape index (κ3) is 2.05. The van der Waals surface area contributed by atoms with Crippen molar-refractivity contribution in [2.24, 2.45) is 5.92 Å². The van der Waals surface area contributed by atoms with Crippen LogP contribution >= 0.6 is 0 Å². The Hall–Kier alpha value is -1.22. The molecule has 1 aliphatic heterocycles. The van der Waals surface area contributed by atoms with E-state index in [1.807, 2.05) is 0 Å². The maximum Gasteiger partial charge on any atom is 0.138 e. The molecular weight excluding hydrogens is 272 g/mol. The van der Waals surface area contributed by atoms with Crippen molar-refractivity contribution in [1.29, 1.82) is 0 Å². The van der Waals surface area contributed by atoms with Crippen molar-refractivity contribution < 1.29 is 5.11 Å². The molecule has 3 N–H and O–H groups in total. The standard InChI is InChI=1S/C19H28N2O/c1-12(2)21-17-10-13-9-16-14-5-3-4-6-19(14,7-8-20-16)15(13)11-18(17)22/h10-12,14,16,20-22H,3-9H2,1-2H3/t14-,16+,19+/m0/s1. The molecule has 2 aliphatic carbocycles. The van der Waals surface area contributed by atoms with E-state index in [-0.39, 0.29) is 0 Å². The lowest BCUT2D eigenvalue weighted by atomic mass is 9.53. The summed E-state index contributed by atoms with van der Waals surface area (Å²) in [5, 5.41) is 17.7. The number of piperidine rings is 1. The van der Waals surface area contributed by atoms with Gasteiger partial charge < -0.3 is 15.7 Å². The van der Waals surface area contributed by atoms with Crippen molar-refractivity contribution in [2.45, 2.75) is 69.9 Å². The van der Waals surface area contributed by atoms with Crippen LogP contribution in [0.3, 0.4) is 0 Å². The Morgan fingerprint density at radius 1 is 1.27 bits per heavy atom. The van der Waals surface area contributed by atoms with Crippen molar-refractivity contribution in [3.8, 4) is 5.75 Å². The third-order valence-corrected chi connectivity index (χ3v) is 6.20. The number of phenols is 1. The molecule has 1 saturated carbocycles. The lowest BCUT2D eigenvalue weighted by Crippen LogP contribution is -2.59. The molecular formula is C19H28N2O. The normalized spacial score (nSPS) is 33.2. The van der Waals surface area contributed by atoms with Crippen LogP contribution in [0.1, 0.15) is 57.1 Å². The van der Waals surface area contributed by atoms with Crippen LogP contribution in [0.15, 0.2) is 12.1 Å². The van der Waals surface area contributed by atoms with Crippen LogP contribution in [0.5, 0.6) is 5.75 Å². The third-order valence-electron chi connectivity index (χ3n) is 6.20. The minimum atomic E-state index is 0.329. The number of nitrogens with one attached hydrogen (secondary N) is 2. The van der Waals surface area contributed by atoms with E-state index in [1.165, 1.54) is 43.2 Å². The molecule has 3 nitrogen and oxygen atoms in total. The zero-order valence-corrected chi connectivity index (χ0v) is 13.8. The fourth-order valence-corrected chi connectivity index (χ4v) is 5.40. The Balaban J connectivity index is 1.81. The van der Waals surface area contributed by atoms with Gasteiger partial charge in [-0.1, -0.05) is 12.8 Å². The predicted molar refractivity (Wildman–Crippen MR) is 90.6 cm³/mol. The van der Waals surface area contributed by atoms with E-state index >= 15 is 0 Å². The van der Waals surface area contributed by atoms with Crippen molar-refractivity contribution in [1.82, 2.24) is 5.32 Å². The Morgan fingerprint density at radius 3 is 2.95 bits per heavy atom. The summed E-state index contributed by atoms with van der Waals surface area (Å²) in [6, 6.07) is 5.29. The molecule has 120 valence electrons. The second-order valence-corrected chi connectivity index (χ2v) is 7.85. The maximum absolute atomic E-state index is 10.5. The molecule has 1 saturated heterocycles. The molecule has 0 unspecified atom stereocenters. The van der Waals surface area contributed by atoms with Gasteiger partial charge in [-0.25, -0.2) is 0 Å². The predicted octanol–water partition coefficient (Wildman–Crippen LogP) is 3.56. The van der Waals surface area contributed by atoms with E-state index in [9.17, 15) is 5.11 Å². The topological polar surface area (TPSA) is 44.3 Å². The van der Waals surface area contributed by atoms with Crippen LogP contribution in [0, 0.1) is 5.92 Å². The van der Waals surface area contributed by atoms with Crippen molar-refractivity contribution in [2.75, 3.05) is 11.9 Å². The van der Waals surface area contributed by atoms with Crippen molar-refractivity contribution >= 4 is 5.69 Å². The van der Waals surface area contributed by atoms with Crippen LogP contribution in [-0.4, -0.2) is 23.7 Å². The SMILES string of the molecule is CC(C)Nc1cc2c(cc1O)[C@@]13CCCC[C@H]1[C@@H](C2)NCC3. The molecule has 2 bridgehead atoms. The Bertz CT molecular complexity index is 579. The molecule has 0 radical (unpaired) electrons. The van der Waals surface area contributed by atoms with E-state index in [1.54, 1.807) is 0 Å². The average Bonchev–Trinajstić information content (AvgIpc) is 2.49. The Labute approximate surface area is 133 Å². The highest BCUT2D eigenvalue weighted by molar-refractivity contribution is 5.62. The first-order chi connectivity index (χ1) is 10.6. The number of benzene rings is 1. The number of phenolic OH excluding ortho intramolecular Hbond substituents is 1. The fourth-order valence-electron chi connectivity index (χ4n) is 5.40. The number of hydrogen-bond acceptors (Lipinski definition) is 3. The van der Waals surface area contributed by atoms with E-state index in [0.29, 0.717) is 23.2 Å². The molecule has 0 aromatic heterocycles. The highest BCUT2D eigenvalue weighted by Gasteiger charge is 2.51. The van der Waals surface area contributed by atoms with E-state index in [2.05, 4.69) is 36.6 Å². The number of aromatic hydroxyl groups is 1. The number of hydrogen-bond donors (Lipinski definition) is 3. The summed E-state index contributed by atoms with van der Waals surface area (Å²) in [5.74, 6) is 1.20. The summed E-state index contributed by atoms with van der Waals surface area (Å²) in [6.45, 7) is 5.36. The van der Waals surface area contributed by atoms with Crippen molar-refractivity contribution in [3.05, 3.63) is 23.3 Å². The van der Waals surface area contributed by atoms with E-state index in [0.717, 1.165) is 24.6 Å². The molecule has 3 atom stereocenters.